The van der Waals surface area contributed by atoms with E-state index in [0.29, 0.717) is 23.6 Å². The van der Waals surface area contributed by atoms with Gasteiger partial charge in [0.05, 0.1) is 18.2 Å². The summed E-state index contributed by atoms with van der Waals surface area (Å²) in [6.45, 7) is 2.41. The van der Waals surface area contributed by atoms with Crippen LogP contribution in [-0.4, -0.2) is 9.55 Å². The van der Waals surface area contributed by atoms with Crippen molar-refractivity contribution in [3.05, 3.63) is 35.7 Å². The molecule has 0 aliphatic rings. The molecule has 94 valence electrons. The first-order valence-corrected chi connectivity index (χ1v) is 6.00. The molecular weight excluding hydrogens is 236 g/mol. The Kier molecular flexibility index (Phi) is 3.54. The Labute approximate surface area is 112 Å². The van der Waals surface area contributed by atoms with Gasteiger partial charge in [-0.3, -0.25) is 0 Å². The van der Waals surface area contributed by atoms with Crippen LogP contribution in [0.1, 0.15) is 18.3 Å². The third kappa shape index (κ3) is 2.29. The van der Waals surface area contributed by atoms with Crippen LogP contribution in [0.25, 0.3) is 11.3 Å². The smallest absolute Gasteiger partial charge is 0.132 e. The van der Waals surface area contributed by atoms with Gasteiger partial charge in [0.2, 0.25) is 0 Å². The number of hydrogen-bond donors (Lipinski definition) is 1. The summed E-state index contributed by atoms with van der Waals surface area (Å²) in [5, 5.41) is 8.94. The van der Waals surface area contributed by atoms with Gasteiger partial charge >= 0.3 is 0 Å². The van der Waals surface area contributed by atoms with Crippen LogP contribution < -0.4 is 5.73 Å². The number of benzene rings is 1. The minimum Gasteiger partial charge on any atom is -0.383 e. The van der Waals surface area contributed by atoms with Crippen LogP contribution in [0.2, 0.25) is 0 Å². The Morgan fingerprint density at radius 2 is 2.26 bits per heavy atom. The first kappa shape index (κ1) is 12.7. The van der Waals surface area contributed by atoms with Gasteiger partial charge in [0.15, 0.2) is 0 Å². The van der Waals surface area contributed by atoms with Crippen molar-refractivity contribution in [2.24, 2.45) is 0 Å². The highest BCUT2D eigenvalue weighted by atomic mass is 15.1. The molecule has 1 heterocycles. The third-order valence-electron chi connectivity index (χ3n) is 2.92. The molecule has 1 aromatic heterocycles. The fourth-order valence-corrected chi connectivity index (χ4v) is 2.00. The number of imidazole rings is 1. The molecule has 19 heavy (non-hydrogen) atoms. The second kappa shape index (κ2) is 5.29. The topological polar surface area (TPSA) is 67.6 Å². The fraction of sp³-hybridized carbons (Fsp3) is 0.200. The largest absolute Gasteiger partial charge is 0.383 e. The summed E-state index contributed by atoms with van der Waals surface area (Å²) in [7, 11) is 0. The van der Waals surface area contributed by atoms with E-state index in [0.717, 1.165) is 17.8 Å². The molecule has 4 nitrogen and oxygen atoms in total. The number of aromatic nitrogens is 2. The van der Waals surface area contributed by atoms with Crippen molar-refractivity contribution in [3.8, 4) is 29.7 Å². The standard InChI is InChI=1S/C15H14N4/c1-3-8-19-13(4-2)18-14(15(19)17)12-7-5-6-11(9-12)10-16/h1,5-7,9H,4,8,17H2,2H3. The lowest BCUT2D eigenvalue weighted by molar-refractivity contribution is 0.769. The van der Waals surface area contributed by atoms with E-state index in [2.05, 4.69) is 17.0 Å². The summed E-state index contributed by atoms with van der Waals surface area (Å²) in [5.41, 5.74) is 8.22. The molecule has 0 unspecified atom stereocenters. The van der Waals surface area contributed by atoms with E-state index < -0.39 is 0 Å². The van der Waals surface area contributed by atoms with Crippen molar-refractivity contribution in [2.75, 3.05) is 5.73 Å². The average molecular weight is 250 g/mol. The molecule has 2 rings (SSSR count). The van der Waals surface area contributed by atoms with E-state index in [9.17, 15) is 0 Å². The second-order valence-electron chi connectivity index (χ2n) is 4.10. The zero-order chi connectivity index (χ0) is 13.8. The van der Waals surface area contributed by atoms with Crippen LogP contribution in [0.15, 0.2) is 24.3 Å². The molecular formula is C15H14N4. The highest BCUT2D eigenvalue weighted by Crippen LogP contribution is 2.27. The lowest BCUT2D eigenvalue weighted by Gasteiger charge is -2.04. The summed E-state index contributed by atoms with van der Waals surface area (Å²) < 4.78 is 1.83. The quantitative estimate of drug-likeness (QED) is 0.849. The van der Waals surface area contributed by atoms with Crippen LogP contribution in [0.3, 0.4) is 0 Å². The maximum absolute atomic E-state index is 8.94. The normalized spacial score (nSPS) is 9.84. The third-order valence-corrected chi connectivity index (χ3v) is 2.92. The highest BCUT2D eigenvalue weighted by Gasteiger charge is 2.14. The number of nitrogens with two attached hydrogens (primary N) is 1. The van der Waals surface area contributed by atoms with Crippen LogP contribution in [-0.2, 0) is 13.0 Å². The van der Waals surface area contributed by atoms with Crippen LogP contribution in [0.4, 0.5) is 5.82 Å². The minimum atomic E-state index is 0.403. The molecule has 2 N–H and O–H groups in total. The zero-order valence-corrected chi connectivity index (χ0v) is 10.7. The maximum atomic E-state index is 8.94. The Hall–Kier alpha value is -2.72. The van der Waals surface area contributed by atoms with Gasteiger partial charge in [0, 0.05) is 12.0 Å². The Morgan fingerprint density at radius 1 is 1.47 bits per heavy atom. The van der Waals surface area contributed by atoms with E-state index in [4.69, 9.17) is 17.4 Å². The van der Waals surface area contributed by atoms with Gasteiger partial charge in [-0.2, -0.15) is 5.26 Å². The maximum Gasteiger partial charge on any atom is 0.132 e. The number of hydrogen-bond acceptors (Lipinski definition) is 3. The molecule has 0 atom stereocenters. The molecule has 0 radical (unpaired) electrons. The van der Waals surface area contributed by atoms with Crippen LogP contribution in [0, 0.1) is 23.7 Å². The summed E-state index contributed by atoms with van der Waals surface area (Å²) in [5.74, 6) is 3.98. The molecule has 2 aromatic rings. The lowest BCUT2D eigenvalue weighted by atomic mass is 10.1. The van der Waals surface area contributed by atoms with E-state index >= 15 is 0 Å². The average Bonchev–Trinajstić information content (AvgIpc) is 2.76. The van der Waals surface area contributed by atoms with Gasteiger partial charge < -0.3 is 10.3 Å². The Morgan fingerprint density at radius 3 is 2.89 bits per heavy atom. The Bertz CT molecular complexity index is 683. The molecule has 4 heteroatoms. The minimum absolute atomic E-state index is 0.403. The molecule has 0 amide bonds. The van der Waals surface area contributed by atoms with E-state index in [1.165, 1.54) is 0 Å². The van der Waals surface area contributed by atoms with Gasteiger partial charge in [-0.25, -0.2) is 4.98 Å². The number of terminal acetylenes is 1. The molecule has 0 spiro atoms. The van der Waals surface area contributed by atoms with Gasteiger partial charge in [-0.1, -0.05) is 25.0 Å². The molecule has 1 aromatic carbocycles. The van der Waals surface area contributed by atoms with E-state index in [1.807, 2.05) is 23.6 Å². The van der Waals surface area contributed by atoms with Crippen LogP contribution in [0.5, 0.6) is 0 Å². The van der Waals surface area contributed by atoms with Gasteiger partial charge in [-0.05, 0) is 12.1 Å². The second-order valence-corrected chi connectivity index (χ2v) is 4.10. The molecule has 0 aliphatic carbocycles. The molecule has 0 saturated heterocycles. The summed E-state index contributed by atoms with van der Waals surface area (Å²) >= 11 is 0. The monoisotopic (exact) mass is 250 g/mol. The van der Waals surface area contributed by atoms with Crippen molar-refractivity contribution in [3.63, 3.8) is 0 Å². The molecule has 0 aliphatic heterocycles. The van der Waals surface area contributed by atoms with Crippen molar-refractivity contribution < 1.29 is 0 Å². The number of aryl methyl sites for hydroxylation is 1. The van der Waals surface area contributed by atoms with Crippen molar-refractivity contribution in [1.29, 1.82) is 5.26 Å². The SMILES string of the molecule is C#CCn1c(CC)nc(-c2cccc(C#N)c2)c1N. The number of anilines is 1. The first-order chi connectivity index (χ1) is 9.21. The predicted octanol–water partition coefficient (Wildman–Crippen LogP) is 2.20. The van der Waals surface area contributed by atoms with Crippen molar-refractivity contribution >= 4 is 5.82 Å². The molecule has 0 bridgehead atoms. The number of nitrogens with zero attached hydrogens (tertiary/aromatic N) is 3. The predicted molar refractivity (Wildman–Crippen MR) is 75.0 cm³/mol. The number of nitriles is 1. The van der Waals surface area contributed by atoms with Crippen LogP contribution >= 0.6 is 0 Å². The summed E-state index contributed by atoms with van der Waals surface area (Å²) in [4.78, 5) is 4.53. The number of rotatable bonds is 3. The summed E-state index contributed by atoms with van der Waals surface area (Å²) in [6.07, 6.45) is 6.10. The van der Waals surface area contributed by atoms with E-state index in [1.54, 1.807) is 12.1 Å². The zero-order valence-electron chi connectivity index (χ0n) is 10.7. The molecule has 0 fully saturated rings. The van der Waals surface area contributed by atoms with Gasteiger partial charge in [-0.15, -0.1) is 6.42 Å². The lowest BCUT2D eigenvalue weighted by Crippen LogP contribution is -2.05. The van der Waals surface area contributed by atoms with Gasteiger partial charge in [0.1, 0.15) is 17.3 Å². The fourth-order valence-electron chi connectivity index (χ4n) is 2.00. The first-order valence-electron chi connectivity index (χ1n) is 6.00. The summed E-state index contributed by atoms with van der Waals surface area (Å²) in [6, 6.07) is 9.34. The van der Waals surface area contributed by atoms with E-state index in [-0.39, 0.29) is 0 Å². The Balaban J connectivity index is 2.57. The van der Waals surface area contributed by atoms with Crippen molar-refractivity contribution in [2.45, 2.75) is 19.9 Å². The van der Waals surface area contributed by atoms with Crippen molar-refractivity contribution in [1.82, 2.24) is 9.55 Å². The van der Waals surface area contributed by atoms with Gasteiger partial charge in [0.25, 0.3) is 0 Å². The molecule has 0 saturated carbocycles. The highest BCUT2D eigenvalue weighted by molar-refractivity contribution is 5.72. The number of nitrogen functional groups attached to an aromatic ring is 1.